The Morgan fingerprint density at radius 2 is 1.73 bits per heavy atom. The molecule has 7 nitrogen and oxygen atoms in total. The molecule has 2 aromatic rings. The van der Waals surface area contributed by atoms with E-state index in [2.05, 4.69) is 20.6 Å². The molecule has 0 amide bonds. The first-order valence-corrected chi connectivity index (χ1v) is 10.0. The SMILES string of the molecule is CCNC(=NCc1cc(OC)c(OC)cc1OC)NCCc1nc(C(F)(F)F)cs1. The lowest BCUT2D eigenvalue weighted by Crippen LogP contribution is -2.38. The van der Waals surface area contributed by atoms with Gasteiger partial charge in [-0.25, -0.2) is 9.98 Å². The molecule has 11 heteroatoms. The lowest BCUT2D eigenvalue weighted by molar-refractivity contribution is -0.140. The predicted octanol–water partition coefficient (Wildman–Crippen LogP) is 3.49. The van der Waals surface area contributed by atoms with E-state index in [4.69, 9.17) is 14.2 Å². The summed E-state index contributed by atoms with van der Waals surface area (Å²) in [6.07, 6.45) is -4.07. The van der Waals surface area contributed by atoms with E-state index in [1.807, 2.05) is 6.92 Å². The highest BCUT2D eigenvalue weighted by molar-refractivity contribution is 7.09. The van der Waals surface area contributed by atoms with Gasteiger partial charge in [-0.1, -0.05) is 0 Å². The highest BCUT2D eigenvalue weighted by Gasteiger charge is 2.33. The fourth-order valence-electron chi connectivity index (χ4n) is 2.57. The molecule has 0 aliphatic heterocycles. The van der Waals surface area contributed by atoms with Crippen LogP contribution in [0.4, 0.5) is 13.2 Å². The summed E-state index contributed by atoms with van der Waals surface area (Å²) in [4.78, 5) is 8.15. The van der Waals surface area contributed by atoms with E-state index in [-0.39, 0.29) is 0 Å². The van der Waals surface area contributed by atoms with Gasteiger partial charge in [0.1, 0.15) is 5.75 Å². The zero-order valence-electron chi connectivity index (χ0n) is 17.2. The maximum atomic E-state index is 12.6. The summed E-state index contributed by atoms with van der Waals surface area (Å²) >= 11 is 0.990. The maximum Gasteiger partial charge on any atom is 0.434 e. The third kappa shape index (κ3) is 6.41. The zero-order valence-corrected chi connectivity index (χ0v) is 18.0. The number of aliphatic imine (C=N–C) groups is 1. The first kappa shape index (κ1) is 23.6. The normalized spacial score (nSPS) is 11.9. The van der Waals surface area contributed by atoms with Crippen molar-refractivity contribution >= 4 is 17.3 Å². The third-order valence-electron chi connectivity index (χ3n) is 4.01. The lowest BCUT2D eigenvalue weighted by atomic mass is 10.1. The Morgan fingerprint density at radius 3 is 2.30 bits per heavy atom. The zero-order chi connectivity index (χ0) is 22.1. The van der Waals surface area contributed by atoms with Gasteiger partial charge in [0, 0.05) is 36.5 Å². The van der Waals surface area contributed by atoms with Gasteiger partial charge >= 0.3 is 6.18 Å². The number of nitrogens with zero attached hydrogens (tertiary/aromatic N) is 2. The second-order valence-electron chi connectivity index (χ2n) is 6.02. The molecule has 0 saturated heterocycles. The van der Waals surface area contributed by atoms with Crippen LogP contribution < -0.4 is 24.8 Å². The molecule has 1 aromatic carbocycles. The van der Waals surface area contributed by atoms with E-state index >= 15 is 0 Å². The first-order chi connectivity index (χ1) is 14.3. The molecule has 2 N–H and O–H groups in total. The quantitative estimate of drug-likeness (QED) is 0.454. The summed E-state index contributed by atoms with van der Waals surface area (Å²) in [5.74, 6) is 2.25. The van der Waals surface area contributed by atoms with Gasteiger partial charge in [-0.15, -0.1) is 11.3 Å². The molecule has 166 valence electrons. The summed E-state index contributed by atoms with van der Waals surface area (Å²) < 4.78 is 54.0. The highest BCUT2D eigenvalue weighted by Crippen LogP contribution is 2.35. The number of ether oxygens (including phenoxy) is 3. The number of alkyl halides is 3. The number of aromatic nitrogens is 1. The van der Waals surface area contributed by atoms with Crippen molar-refractivity contribution in [2.24, 2.45) is 4.99 Å². The van der Waals surface area contributed by atoms with Crippen molar-refractivity contribution in [1.29, 1.82) is 0 Å². The molecule has 0 unspecified atom stereocenters. The van der Waals surface area contributed by atoms with Gasteiger partial charge < -0.3 is 24.8 Å². The Labute approximate surface area is 177 Å². The van der Waals surface area contributed by atoms with E-state index in [0.717, 1.165) is 22.3 Å². The molecule has 0 bridgehead atoms. The van der Waals surface area contributed by atoms with Gasteiger partial charge in [0.05, 0.1) is 32.9 Å². The minimum absolute atomic E-state index is 0.300. The maximum absolute atomic E-state index is 12.6. The van der Waals surface area contributed by atoms with Gasteiger partial charge in [0.2, 0.25) is 0 Å². The molecule has 0 atom stereocenters. The van der Waals surface area contributed by atoms with Crippen LogP contribution in [0.5, 0.6) is 17.2 Å². The third-order valence-corrected chi connectivity index (χ3v) is 4.92. The van der Waals surface area contributed by atoms with Crippen molar-refractivity contribution in [2.45, 2.75) is 26.1 Å². The lowest BCUT2D eigenvalue weighted by Gasteiger charge is -2.14. The largest absolute Gasteiger partial charge is 0.496 e. The highest BCUT2D eigenvalue weighted by atomic mass is 32.1. The van der Waals surface area contributed by atoms with E-state index < -0.39 is 11.9 Å². The summed E-state index contributed by atoms with van der Waals surface area (Å²) in [6.45, 7) is 3.24. The topological polar surface area (TPSA) is 77.0 Å². The molecular weight excluding hydrogens is 421 g/mol. The number of hydrogen-bond donors (Lipinski definition) is 2. The smallest absolute Gasteiger partial charge is 0.434 e. The molecule has 0 aliphatic rings. The van der Waals surface area contributed by atoms with E-state index in [1.54, 1.807) is 33.5 Å². The number of methoxy groups -OCH3 is 3. The van der Waals surface area contributed by atoms with E-state index in [1.165, 1.54) is 0 Å². The van der Waals surface area contributed by atoms with Crippen molar-refractivity contribution in [2.75, 3.05) is 34.4 Å². The van der Waals surface area contributed by atoms with Gasteiger partial charge in [-0.2, -0.15) is 13.2 Å². The Balaban J connectivity index is 2.04. The van der Waals surface area contributed by atoms with Gasteiger partial charge in [0.25, 0.3) is 0 Å². The summed E-state index contributed by atoms with van der Waals surface area (Å²) in [5.41, 5.74) is -0.0642. The average molecular weight is 446 g/mol. The molecule has 0 fully saturated rings. The van der Waals surface area contributed by atoms with Crippen LogP contribution in [0.1, 0.15) is 23.2 Å². The number of guanidine groups is 1. The molecule has 2 rings (SSSR count). The monoisotopic (exact) mass is 446 g/mol. The van der Waals surface area contributed by atoms with Gasteiger partial charge in [0.15, 0.2) is 23.2 Å². The second-order valence-corrected chi connectivity index (χ2v) is 6.96. The Morgan fingerprint density at radius 1 is 1.07 bits per heavy atom. The number of hydrogen-bond acceptors (Lipinski definition) is 6. The van der Waals surface area contributed by atoms with Gasteiger partial charge in [-0.3, -0.25) is 0 Å². The standard InChI is InChI=1S/C19H25F3N4O3S/c1-5-23-18(24-7-6-17-26-16(11-30-17)19(20,21)22)25-10-12-8-14(28-3)15(29-4)9-13(12)27-2/h8-9,11H,5-7,10H2,1-4H3,(H2,23,24,25). The molecule has 30 heavy (non-hydrogen) atoms. The Bertz CT molecular complexity index is 856. The number of halogens is 3. The predicted molar refractivity (Wildman–Crippen MR) is 110 cm³/mol. The molecular formula is C19H25F3N4O3S. The van der Waals surface area contributed by atoms with Crippen LogP contribution in [0.25, 0.3) is 0 Å². The fourth-order valence-corrected chi connectivity index (χ4v) is 3.37. The number of rotatable bonds is 9. The van der Waals surface area contributed by atoms with Crippen molar-refractivity contribution < 1.29 is 27.4 Å². The Hall–Kier alpha value is -2.69. The molecule has 0 aliphatic carbocycles. The number of benzene rings is 1. The minimum atomic E-state index is -4.42. The number of nitrogens with one attached hydrogen (secondary N) is 2. The fraction of sp³-hybridized carbons (Fsp3) is 0.474. The number of thiazole rings is 1. The van der Waals surface area contributed by atoms with Crippen molar-refractivity contribution in [3.05, 3.63) is 33.8 Å². The van der Waals surface area contributed by atoms with Gasteiger partial charge in [-0.05, 0) is 13.0 Å². The van der Waals surface area contributed by atoms with Crippen molar-refractivity contribution in [3.8, 4) is 17.2 Å². The average Bonchev–Trinajstić information content (AvgIpc) is 3.20. The van der Waals surface area contributed by atoms with Crippen molar-refractivity contribution in [3.63, 3.8) is 0 Å². The summed E-state index contributed by atoms with van der Waals surface area (Å²) in [5, 5.41) is 7.64. The van der Waals surface area contributed by atoms with Crippen LogP contribution in [0.15, 0.2) is 22.5 Å². The second kappa shape index (κ2) is 10.9. The molecule has 0 saturated carbocycles. The van der Waals surface area contributed by atoms with E-state index in [9.17, 15) is 13.2 Å². The van der Waals surface area contributed by atoms with Crippen LogP contribution in [0.2, 0.25) is 0 Å². The van der Waals surface area contributed by atoms with Crippen LogP contribution >= 0.6 is 11.3 Å². The molecule has 0 spiro atoms. The van der Waals surface area contributed by atoms with Crippen LogP contribution in [-0.2, 0) is 19.1 Å². The first-order valence-electron chi connectivity index (χ1n) is 9.15. The van der Waals surface area contributed by atoms with E-state index in [0.29, 0.717) is 54.3 Å². The molecule has 0 radical (unpaired) electrons. The molecule has 1 heterocycles. The van der Waals surface area contributed by atoms with Crippen LogP contribution in [0.3, 0.4) is 0 Å². The van der Waals surface area contributed by atoms with Crippen LogP contribution in [-0.4, -0.2) is 45.4 Å². The van der Waals surface area contributed by atoms with Crippen molar-refractivity contribution in [1.82, 2.24) is 15.6 Å². The van der Waals surface area contributed by atoms with Crippen LogP contribution in [0, 0.1) is 0 Å². The summed E-state index contributed by atoms with van der Waals surface area (Å²) in [7, 11) is 4.65. The molecule has 1 aromatic heterocycles. The Kier molecular flexibility index (Phi) is 8.58. The summed E-state index contributed by atoms with van der Waals surface area (Å²) in [6, 6.07) is 3.52. The minimum Gasteiger partial charge on any atom is -0.496 e.